The lowest BCUT2D eigenvalue weighted by molar-refractivity contribution is -0.384. The first-order valence-electron chi connectivity index (χ1n) is 3.45. The molecule has 0 spiro atoms. The van der Waals surface area contributed by atoms with E-state index in [-0.39, 0.29) is 5.69 Å². The molecule has 3 nitrogen and oxygen atoms in total. The average Bonchev–Trinajstić information content (AvgIpc) is 2.15. The van der Waals surface area contributed by atoms with Gasteiger partial charge in [0, 0.05) is 17.7 Å². The SMILES string of the molecule is C#CC#Cc1ccc([N+](=O)[O-])cc1. The largest absolute Gasteiger partial charge is 0.269 e. The van der Waals surface area contributed by atoms with Gasteiger partial charge in [-0.25, -0.2) is 0 Å². The number of nitro benzene ring substituents is 1. The molecule has 0 aromatic heterocycles. The summed E-state index contributed by atoms with van der Waals surface area (Å²) in [5, 5.41) is 10.3. The van der Waals surface area contributed by atoms with Crippen molar-refractivity contribution in [3.05, 3.63) is 39.9 Å². The Balaban J connectivity index is 2.95. The van der Waals surface area contributed by atoms with Crippen LogP contribution in [0.3, 0.4) is 0 Å². The molecule has 0 atom stereocenters. The van der Waals surface area contributed by atoms with E-state index in [1.54, 1.807) is 12.1 Å². The second kappa shape index (κ2) is 3.94. The van der Waals surface area contributed by atoms with Crippen LogP contribution >= 0.6 is 0 Å². The van der Waals surface area contributed by atoms with E-state index < -0.39 is 4.92 Å². The van der Waals surface area contributed by atoms with Crippen LogP contribution in [0.15, 0.2) is 24.3 Å². The van der Waals surface area contributed by atoms with E-state index in [0.717, 1.165) is 0 Å². The lowest BCUT2D eigenvalue weighted by Gasteiger charge is -1.90. The Morgan fingerprint density at radius 2 is 1.92 bits per heavy atom. The van der Waals surface area contributed by atoms with Crippen LogP contribution in [-0.2, 0) is 0 Å². The second-order valence-electron chi connectivity index (χ2n) is 2.20. The minimum Gasteiger partial charge on any atom is -0.258 e. The van der Waals surface area contributed by atoms with Crippen LogP contribution in [0.1, 0.15) is 5.56 Å². The molecule has 0 saturated heterocycles. The molecule has 0 aliphatic carbocycles. The number of terminal acetylenes is 1. The summed E-state index contributed by atoms with van der Waals surface area (Å²) >= 11 is 0. The Kier molecular flexibility index (Phi) is 2.68. The number of benzene rings is 1. The Bertz CT molecular complexity index is 415. The van der Waals surface area contributed by atoms with Gasteiger partial charge in [-0.2, -0.15) is 0 Å². The van der Waals surface area contributed by atoms with E-state index in [2.05, 4.69) is 17.8 Å². The summed E-state index contributed by atoms with van der Waals surface area (Å²) in [6, 6.07) is 5.89. The molecule has 0 aliphatic rings. The summed E-state index contributed by atoms with van der Waals surface area (Å²) < 4.78 is 0. The molecule has 1 aromatic rings. The molecule has 0 unspecified atom stereocenters. The summed E-state index contributed by atoms with van der Waals surface area (Å²) in [7, 11) is 0. The molecule has 0 aliphatic heterocycles. The van der Waals surface area contributed by atoms with E-state index >= 15 is 0 Å². The highest BCUT2D eigenvalue weighted by Gasteiger charge is 2.01. The smallest absolute Gasteiger partial charge is 0.258 e. The zero-order chi connectivity index (χ0) is 9.68. The fourth-order valence-electron chi connectivity index (χ4n) is 0.775. The van der Waals surface area contributed by atoms with Crippen molar-refractivity contribution in [2.75, 3.05) is 0 Å². The van der Waals surface area contributed by atoms with Gasteiger partial charge < -0.3 is 0 Å². The van der Waals surface area contributed by atoms with Crippen LogP contribution in [0.2, 0.25) is 0 Å². The first-order valence-corrected chi connectivity index (χ1v) is 3.45. The van der Waals surface area contributed by atoms with Gasteiger partial charge in [-0.3, -0.25) is 10.1 Å². The van der Waals surface area contributed by atoms with Gasteiger partial charge >= 0.3 is 0 Å². The van der Waals surface area contributed by atoms with E-state index in [4.69, 9.17) is 6.42 Å². The maximum Gasteiger partial charge on any atom is 0.269 e. The molecular weight excluding hydrogens is 166 g/mol. The number of nitrogens with zero attached hydrogens (tertiary/aromatic N) is 1. The van der Waals surface area contributed by atoms with E-state index in [9.17, 15) is 10.1 Å². The lowest BCUT2D eigenvalue weighted by Crippen LogP contribution is -1.86. The van der Waals surface area contributed by atoms with E-state index in [1.807, 2.05) is 0 Å². The lowest BCUT2D eigenvalue weighted by atomic mass is 10.2. The van der Waals surface area contributed by atoms with Gasteiger partial charge in [0.25, 0.3) is 5.69 Å². The van der Waals surface area contributed by atoms with Crippen LogP contribution < -0.4 is 0 Å². The van der Waals surface area contributed by atoms with Crippen LogP contribution in [0.5, 0.6) is 0 Å². The third-order valence-electron chi connectivity index (χ3n) is 1.36. The Morgan fingerprint density at radius 1 is 1.31 bits per heavy atom. The van der Waals surface area contributed by atoms with Crippen molar-refractivity contribution in [3.8, 4) is 24.2 Å². The molecule has 3 heteroatoms. The standard InChI is InChI=1S/C10H5NO2/c1-2-3-4-9-5-7-10(8-6-9)11(12)13/h1,5-8H. The van der Waals surface area contributed by atoms with Gasteiger partial charge in [-0.05, 0) is 24.0 Å². The maximum atomic E-state index is 10.3. The molecule has 0 saturated carbocycles. The van der Waals surface area contributed by atoms with Crippen molar-refractivity contribution in [1.82, 2.24) is 0 Å². The zero-order valence-electron chi connectivity index (χ0n) is 6.65. The number of hydrogen-bond donors (Lipinski definition) is 0. The minimum atomic E-state index is -0.460. The summed E-state index contributed by atoms with van der Waals surface area (Å²) in [4.78, 5) is 9.80. The number of hydrogen-bond acceptors (Lipinski definition) is 2. The predicted molar refractivity (Wildman–Crippen MR) is 48.8 cm³/mol. The highest BCUT2D eigenvalue weighted by atomic mass is 16.6. The van der Waals surface area contributed by atoms with Crippen molar-refractivity contribution >= 4 is 5.69 Å². The highest BCUT2D eigenvalue weighted by molar-refractivity contribution is 5.43. The van der Waals surface area contributed by atoms with Crippen LogP contribution in [0.4, 0.5) is 5.69 Å². The fraction of sp³-hybridized carbons (Fsp3) is 0. The monoisotopic (exact) mass is 171 g/mol. The molecule has 1 rings (SSSR count). The Labute approximate surface area is 75.5 Å². The van der Waals surface area contributed by atoms with Crippen molar-refractivity contribution < 1.29 is 4.92 Å². The summed E-state index contributed by atoms with van der Waals surface area (Å²) in [5.41, 5.74) is 0.717. The van der Waals surface area contributed by atoms with Gasteiger partial charge in [0.1, 0.15) is 0 Å². The van der Waals surface area contributed by atoms with Crippen molar-refractivity contribution in [1.29, 1.82) is 0 Å². The molecular formula is C10H5NO2. The fourth-order valence-corrected chi connectivity index (χ4v) is 0.775. The molecule has 0 amide bonds. The number of nitro groups is 1. The molecule has 62 valence electrons. The van der Waals surface area contributed by atoms with E-state index in [0.29, 0.717) is 5.56 Å². The van der Waals surface area contributed by atoms with Gasteiger partial charge in [0.2, 0.25) is 0 Å². The Hall–Kier alpha value is -2.26. The second-order valence-corrected chi connectivity index (χ2v) is 2.20. The van der Waals surface area contributed by atoms with Gasteiger partial charge in [0.05, 0.1) is 4.92 Å². The minimum absolute atomic E-state index is 0.0475. The molecule has 1 aromatic carbocycles. The molecule has 0 fully saturated rings. The topological polar surface area (TPSA) is 43.1 Å². The Morgan fingerprint density at radius 3 is 2.38 bits per heavy atom. The molecule has 0 heterocycles. The maximum absolute atomic E-state index is 10.3. The van der Waals surface area contributed by atoms with Gasteiger partial charge in [0.15, 0.2) is 0 Å². The zero-order valence-corrected chi connectivity index (χ0v) is 6.65. The van der Waals surface area contributed by atoms with Crippen molar-refractivity contribution in [3.63, 3.8) is 0 Å². The predicted octanol–water partition coefficient (Wildman–Crippen LogP) is 1.58. The van der Waals surface area contributed by atoms with Gasteiger partial charge in [-0.15, -0.1) is 6.42 Å². The summed E-state index contributed by atoms with van der Waals surface area (Å²) in [6.07, 6.45) is 4.92. The van der Waals surface area contributed by atoms with Crippen LogP contribution in [0.25, 0.3) is 0 Å². The third kappa shape index (κ3) is 2.36. The van der Waals surface area contributed by atoms with E-state index in [1.165, 1.54) is 12.1 Å². The first-order chi connectivity index (χ1) is 6.24. The number of rotatable bonds is 1. The first kappa shape index (κ1) is 8.83. The normalized spacial score (nSPS) is 7.92. The van der Waals surface area contributed by atoms with Crippen LogP contribution in [-0.4, -0.2) is 4.92 Å². The molecule has 0 radical (unpaired) electrons. The summed E-state index contributed by atoms with van der Waals surface area (Å²) in [5.74, 6) is 7.23. The average molecular weight is 171 g/mol. The van der Waals surface area contributed by atoms with Crippen LogP contribution in [0, 0.1) is 34.3 Å². The van der Waals surface area contributed by atoms with Crippen molar-refractivity contribution in [2.45, 2.75) is 0 Å². The van der Waals surface area contributed by atoms with Gasteiger partial charge in [-0.1, -0.05) is 5.92 Å². The molecule has 0 bridgehead atoms. The third-order valence-corrected chi connectivity index (χ3v) is 1.36. The quantitative estimate of drug-likeness (QED) is 0.365. The van der Waals surface area contributed by atoms with Crippen molar-refractivity contribution in [2.24, 2.45) is 0 Å². The summed E-state index contributed by atoms with van der Waals surface area (Å²) in [6.45, 7) is 0. The molecule has 13 heavy (non-hydrogen) atoms. The molecule has 0 N–H and O–H groups in total. The highest BCUT2D eigenvalue weighted by Crippen LogP contribution is 2.10. The number of non-ortho nitro benzene ring substituents is 1.